The Morgan fingerprint density at radius 3 is 2.59 bits per heavy atom. The first-order valence-electron chi connectivity index (χ1n) is 7.47. The van der Waals surface area contributed by atoms with Crippen molar-refractivity contribution < 1.29 is 14.5 Å². The van der Waals surface area contributed by atoms with Gasteiger partial charge in [-0.25, -0.2) is 0 Å². The van der Waals surface area contributed by atoms with Gasteiger partial charge in [0.2, 0.25) is 12.2 Å². The van der Waals surface area contributed by atoms with Crippen LogP contribution in [0.3, 0.4) is 0 Å². The van der Waals surface area contributed by atoms with Crippen molar-refractivity contribution in [2.24, 2.45) is 0 Å². The largest absolute Gasteiger partial charge is 0.491 e. The van der Waals surface area contributed by atoms with Crippen molar-refractivity contribution in [3.63, 3.8) is 0 Å². The van der Waals surface area contributed by atoms with Crippen LogP contribution in [0.25, 0.3) is 10.8 Å². The molecule has 0 saturated carbocycles. The summed E-state index contributed by atoms with van der Waals surface area (Å²) in [4.78, 5) is 0. The van der Waals surface area contributed by atoms with Crippen molar-refractivity contribution in [1.29, 1.82) is 0 Å². The van der Waals surface area contributed by atoms with E-state index in [2.05, 4.69) is 23.3 Å². The molecule has 0 fully saturated rings. The number of benzene rings is 2. The number of aromatic amines is 1. The third-order valence-corrected chi connectivity index (χ3v) is 3.72. The minimum Gasteiger partial charge on any atom is -0.491 e. The minimum absolute atomic E-state index is 0.267. The normalized spacial score (nSPS) is 12.5. The Morgan fingerprint density at radius 2 is 1.86 bits per heavy atom. The maximum atomic E-state index is 10.1. The zero-order chi connectivity index (χ0) is 15.5. The maximum absolute atomic E-state index is 10.1. The van der Waals surface area contributed by atoms with Gasteiger partial charge in [0.25, 0.3) is 0 Å². The van der Waals surface area contributed by atoms with Crippen LogP contribution >= 0.6 is 0 Å². The standard InChI is InChI=1S/C18H20N2O2/c1-13-9-14(2)20(19-13)11-17(21)12-22-18-8-7-15-5-3-4-6-16(15)10-18/h3-10,17,21H,11-12H2,1-2H3/p+1. The van der Waals surface area contributed by atoms with Crippen molar-refractivity contribution >= 4 is 10.8 Å². The first-order chi connectivity index (χ1) is 10.6. The van der Waals surface area contributed by atoms with E-state index in [0.717, 1.165) is 22.5 Å². The van der Waals surface area contributed by atoms with E-state index in [0.29, 0.717) is 6.54 Å². The molecule has 1 unspecified atom stereocenters. The van der Waals surface area contributed by atoms with Gasteiger partial charge >= 0.3 is 0 Å². The summed E-state index contributed by atoms with van der Waals surface area (Å²) in [6, 6.07) is 16.2. The smallest absolute Gasteiger partial charge is 0.205 e. The molecule has 0 radical (unpaired) electrons. The topological polar surface area (TPSA) is 49.1 Å². The molecule has 0 spiro atoms. The number of aryl methyl sites for hydroxylation is 2. The molecule has 0 aliphatic heterocycles. The highest BCUT2D eigenvalue weighted by molar-refractivity contribution is 5.83. The molecule has 4 nitrogen and oxygen atoms in total. The number of nitrogens with zero attached hydrogens (tertiary/aromatic N) is 1. The number of ether oxygens (including phenoxy) is 1. The summed E-state index contributed by atoms with van der Waals surface area (Å²) in [6.45, 7) is 4.78. The molecule has 0 amide bonds. The molecular formula is C18H21N2O2+. The minimum atomic E-state index is -0.562. The Balaban J connectivity index is 1.62. The van der Waals surface area contributed by atoms with Gasteiger partial charge in [0, 0.05) is 13.0 Å². The molecule has 4 heteroatoms. The Kier molecular flexibility index (Phi) is 4.11. The third kappa shape index (κ3) is 3.28. The number of hydrogen-bond donors (Lipinski definition) is 2. The van der Waals surface area contributed by atoms with Crippen LogP contribution in [0, 0.1) is 13.8 Å². The zero-order valence-electron chi connectivity index (χ0n) is 12.9. The second-order valence-electron chi connectivity index (χ2n) is 5.66. The van der Waals surface area contributed by atoms with Crippen LogP contribution in [-0.4, -0.2) is 22.9 Å². The number of fused-ring (bicyclic) bond motifs is 1. The molecule has 22 heavy (non-hydrogen) atoms. The van der Waals surface area contributed by atoms with E-state index in [-0.39, 0.29) is 6.61 Å². The first-order valence-corrected chi connectivity index (χ1v) is 7.47. The molecule has 2 aromatic carbocycles. The number of aromatic nitrogens is 2. The number of hydrogen-bond acceptors (Lipinski definition) is 2. The van der Waals surface area contributed by atoms with E-state index in [1.165, 1.54) is 5.39 Å². The quantitative estimate of drug-likeness (QED) is 0.711. The van der Waals surface area contributed by atoms with Crippen molar-refractivity contribution in [2.45, 2.75) is 26.5 Å². The van der Waals surface area contributed by atoms with Crippen LogP contribution in [0.2, 0.25) is 0 Å². The molecule has 1 atom stereocenters. The predicted octanol–water partition coefficient (Wildman–Crippen LogP) is 2.51. The van der Waals surface area contributed by atoms with E-state index in [9.17, 15) is 5.11 Å². The SMILES string of the molecule is Cc1cc(C)[n+](CC(O)COc2ccc3ccccc3c2)[nH]1. The van der Waals surface area contributed by atoms with E-state index < -0.39 is 6.10 Å². The van der Waals surface area contributed by atoms with Crippen LogP contribution in [0.4, 0.5) is 0 Å². The van der Waals surface area contributed by atoms with E-state index >= 15 is 0 Å². The van der Waals surface area contributed by atoms with Crippen LogP contribution < -0.4 is 9.42 Å². The highest BCUT2D eigenvalue weighted by atomic mass is 16.5. The monoisotopic (exact) mass is 297 g/mol. The van der Waals surface area contributed by atoms with Gasteiger partial charge in [-0.1, -0.05) is 30.3 Å². The van der Waals surface area contributed by atoms with E-state index in [1.54, 1.807) is 0 Å². The van der Waals surface area contributed by atoms with Crippen molar-refractivity contribution in [3.8, 4) is 5.75 Å². The summed E-state index contributed by atoms with van der Waals surface area (Å²) >= 11 is 0. The van der Waals surface area contributed by atoms with E-state index in [4.69, 9.17) is 4.74 Å². The summed E-state index contributed by atoms with van der Waals surface area (Å²) in [5.41, 5.74) is 2.18. The van der Waals surface area contributed by atoms with Gasteiger partial charge in [-0.3, -0.25) is 0 Å². The molecule has 0 saturated heterocycles. The molecule has 1 aromatic heterocycles. The zero-order valence-corrected chi connectivity index (χ0v) is 12.9. The van der Waals surface area contributed by atoms with E-state index in [1.807, 2.05) is 48.9 Å². The van der Waals surface area contributed by atoms with Crippen LogP contribution in [-0.2, 0) is 6.54 Å². The molecule has 114 valence electrons. The fourth-order valence-corrected chi connectivity index (χ4v) is 2.63. The molecular weight excluding hydrogens is 276 g/mol. The Bertz CT molecular complexity index is 780. The molecule has 3 aromatic rings. The van der Waals surface area contributed by atoms with Crippen molar-refractivity contribution in [2.75, 3.05) is 6.61 Å². The van der Waals surface area contributed by atoms with Crippen molar-refractivity contribution in [1.82, 2.24) is 5.10 Å². The fourth-order valence-electron chi connectivity index (χ4n) is 2.63. The molecule has 2 N–H and O–H groups in total. The van der Waals surface area contributed by atoms with Crippen LogP contribution in [0.15, 0.2) is 48.5 Å². The Labute approximate surface area is 130 Å². The van der Waals surface area contributed by atoms with Gasteiger partial charge in [-0.05, 0) is 29.8 Å². The second kappa shape index (κ2) is 6.20. The summed E-state index contributed by atoms with van der Waals surface area (Å²) in [7, 11) is 0. The molecule has 0 bridgehead atoms. The van der Waals surface area contributed by atoms with Gasteiger partial charge in [0.05, 0.1) is 5.69 Å². The van der Waals surface area contributed by atoms with Crippen LogP contribution in [0.1, 0.15) is 11.4 Å². The third-order valence-electron chi connectivity index (χ3n) is 3.72. The lowest BCUT2D eigenvalue weighted by atomic mass is 10.1. The highest BCUT2D eigenvalue weighted by Crippen LogP contribution is 2.20. The first kappa shape index (κ1) is 14.6. The number of rotatable bonds is 5. The lowest BCUT2D eigenvalue weighted by Crippen LogP contribution is -2.45. The Morgan fingerprint density at radius 1 is 1.09 bits per heavy atom. The average Bonchev–Trinajstić information content (AvgIpc) is 2.82. The van der Waals surface area contributed by atoms with Gasteiger partial charge in [-0.2, -0.15) is 5.10 Å². The number of nitrogens with one attached hydrogen (secondary N) is 1. The predicted molar refractivity (Wildman–Crippen MR) is 85.9 cm³/mol. The summed E-state index contributed by atoms with van der Waals surface area (Å²) in [5, 5.41) is 15.7. The second-order valence-corrected chi connectivity index (χ2v) is 5.66. The highest BCUT2D eigenvalue weighted by Gasteiger charge is 2.16. The van der Waals surface area contributed by atoms with Gasteiger partial charge < -0.3 is 9.84 Å². The Hall–Kier alpha value is -2.33. The lowest BCUT2D eigenvalue weighted by molar-refractivity contribution is -0.761. The molecule has 0 aliphatic rings. The average molecular weight is 297 g/mol. The van der Waals surface area contributed by atoms with Gasteiger partial charge in [0.1, 0.15) is 18.5 Å². The summed E-state index contributed by atoms with van der Waals surface area (Å²) in [5.74, 6) is 0.780. The number of H-pyrrole nitrogens is 1. The number of aliphatic hydroxyl groups is 1. The molecule has 0 aliphatic carbocycles. The molecule has 3 rings (SSSR count). The van der Waals surface area contributed by atoms with Gasteiger partial charge in [-0.15, -0.1) is 4.68 Å². The maximum Gasteiger partial charge on any atom is 0.205 e. The molecule has 1 heterocycles. The summed E-state index contributed by atoms with van der Waals surface area (Å²) < 4.78 is 7.65. The summed E-state index contributed by atoms with van der Waals surface area (Å²) in [6.07, 6.45) is -0.562. The van der Waals surface area contributed by atoms with Crippen LogP contribution in [0.5, 0.6) is 5.75 Å². The van der Waals surface area contributed by atoms with Gasteiger partial charge in [0.15, 0.2) is 0 Å². The number of aliphatic hydroxyl groups excluding tert-OH is 1. The fraction of sp³-hybridized carbons (Fsp3) is 0.278. The lowest BCUT2D eigenvalue weighted by Gasteiger charge is -2.10. The van der Waals surface area contributed by atoms with Crippen molar-refractivity contribution in [3.05, 3.63) is 59.9 Å².